The molecule has 1 atom stereocenters. The number of sulfonamides is 1. The van der Waals surface area contributed by atoms with Crippen LogP contribution in [-0.2, 0) is 14.8 Å². The second-order valence-electron chi connectivity index (χ2n) is 4.61. The number of nitrogens with one attached hydrogen (secondary N) is 1. The van der Waals surface area contributed by atoms with Crippen molar-refractivity contribution in [2.24, 2.45) is 0 Å². The van der Waals surface area contributed by atoms with Crippen LogP contribution in [-0.4, -0.2) is 72.2 Å². The van der Waals surface area contributed by atoms with Crippen LogP contribution in [0.5, 0.6) is 0 Å². The molecule has 1 saturated heterocycles. The minimum absolute atomic E-state index is 0.158. The first kappa shape index (κ1) is 15.3. The van der Waals surface area contributed by atoms with Gasteiger partial charge in [-0.05, 0) is 6.92 Å². The van der Waals surface area contributed by atoms with Gasteiger partial charge >= 0.3 is 0 Å². The number of hydrogen-bond donors (Lipinski definition) is 1. The minimum atomic E-state index is -3.15. The summed E-state index contributed by atoms with van der Waals surface area (Å²) < 4.78 is 24.3. The average Bonchev–Trinajstić information content (AvgIpc) is 2.90. The Morgan fingerprint density at radius 2 is 2.05 bits per heavy atom. The molecule has 1 unspecified atom stereocenters. The Balaban J connectivity index is 1.88. The van der Waals surface area contributed by atoms with Crippen molar-refractivity contribution in [2.75, 3.05) is 37.8 Å². The first-order valence-electron chi connectivity index (χ1n) is 6.14. The predicted molar refractivity (Wildman–Crippen MR) is 76.0 cm³/mol. The van der Waals surface area contributed by atoms with Crippen molar-refractivity contribution in [3.05, 3.63) is 5.51 Å². The molecule has 0 spiro atoms. The largest absolute Gasteiger partial charge is 0.299 e. The van der Waals surface area contributed by atoms with E-state index in [-0.39, 0.29) is 11.9 Å². The van der Waals surface area contributed by atoms with Crippen LogP contribution in [0.25, 0.3) is 0 Å². The van der Waals surface area contributed by atoms with E-state index in [9.17, 15) is 13.2 Å². The predicted octanol–water partition coefficient (Wildman–Crippen LogP) is -0.558. The highest BCUT2D eigenvalue weighted by Gasteiger charge is 2.29. The summed E-state index contributed by atoms with van der Waals surface area (Å²) in [6, 6.07) is -0.333. The summed E-state index contributed by atoms with van der Waals surface area (Å²) >= 11 is 1.26. The lowest BCUT2D eigenvalue weighted by Crippen LogP contribution is -2.53. The molecule has 10 heteroatoms. The van der Waals surface area contributed by atoms with Crippen molar-refractivity contribution in [1.29, 1.82) is 0 Å². The van der Waals surface area contributed by atoms with Crippen molar-refractivity contribution in [3.8, 4) is 0 Å². The standard InChI is InChI=1S/C10H17N5O3S2/c1-8(9(16)12-10-13-11-7-19-10)14-3-5-15(6-4-14)20(2,17)18/h7-8H,3-6H2,1-2H3,(H,12,13,16). The van der Waals surface area contributed by atoms with Crippen LogP contribution >= 0.6 is 11.3 Å². The number of hydrogen-bond acceptors (Lipinski definition) is 7. The lowest BCUT2D eigenvalue weighted by Gasteiger charge is -2.36. The van der Waals surface area contributed by atoms with Crippen LogP contribution in [0.4, 0.5) is 5.13 Å². The summed E-state index contributed by atoms with van der Waals surface area (Å²) in [6.45, 7) is 3.70. The van der Waals surface area contributed by atoms with Crippen molar-refractivity contribution in [3.63, 3.8) is 0 Å². The van der Waals surface area contributed by atoms with Gasteiger partial charge in [-0.2, -0.15) is 4.31 Å². The van der Waals surface area contributed by atoms with Gasteiger partial charge in [-0.15, -0.1) is 10.2 Å². The number of rotatable bonds is 4. The number of aromatic nitrogens is 2. The number of carbonyl (C=O) groups excluding carboxylic acids is 1. The van der Waals surface area contributed by atoms with Gasteiger partial charge < -0.3 is 0 Å². The third kappa shape index (κ3) is 3.72. The second kappa shape index (κ2) is 6.12. The highest BCUT2D eigenvalue weighted by atomic mass is 32.2. The molecule has 0 bridgehead atoms. The van der Waals surface area contributed by atoms with Gasteiger partial charge in [0.15, 0.2) is 0 Å². The number of piperazine rings is 1. The molecule has 0 aromatic carbocycles. The molecular formula is C10H17N5O3S2. The third-order valence-corrected chi connectivity index (χ3v) is 5.17. The van der Waals surface area contributed by atoms with Gasteiger partial charge in [-0.25, -0.2) is 8.42 Å². The van der Waals surface area contributed by atoms with Crippen molar-refractivity contribution < 1.29 is 13.2 Å². The molecule has 1 amide bonds. The summed E-state index contributed by atoms with van der Waals surface area (Å²) in [5.41, 5.74) is 1.55. The van der Waals surface area contributed by atoms with Crippen LogP contribution in [0.3, 0.4) is 0 Å². The van der Waals surface area contributed by atoms with Gasteiger partial charge in [0.2, 0.25) is 21.1 Å². The Kier molecular flexibility index (Phi) is 4.68. The van der Waals surface area contributed by atoms with Gasteiger partial charge in [0.05, 0.1) is 12.3 Å². The molecule has 8 nitrogen and oxygen atoms in total. The first-order chi connectivity index (χ1) is 9.38. The Hall–Kier alpha value is -1.10. The normalized spacial score (nSPS) is 19.7. The van der Waals surface area contributed by atoms with Gasteiger partial charge in [0.1, 0.15) is 5.51 Å². The molecule has 1 aliphatic rings. The van der Waals surface area contributed by atoms with Gasteiger partial charge in [-0.1, -0.05) is 11.3 Å². The zero-order chi connectivity index (χ0) is 14.8. The Morgan fingerprint density at radius 3 is 2.55 bits per heavy atom. The van der Waals surface area contributed by atoms with E-state index in [4.69, 9.17) is 0 Å². The van der Waals surface area contributed by atoms with E-state index in [0.29, 0.717) is 31.3 Å². The minimum Gasteiger partial charge on any atom is -0.299 e. The van der Waals surface area contributed by atoms with Gasteiger partial charge in [0.25, 0.3) is 0 Å². The average molecular weight is 319 g/mol. The first-order valence-corrected chi connectivity index (χ1v) is 8.87. The van der Waals surface area contributed by atoms with Crippen molar-refractivity contribution >= 4 is 32.4 Å². The van der Waals surface area contributed by atoms with E-state index in [0.717, 1.165) is 0 Å². The molecule has 0 radical (unpaired) electrons. The fourth-order valence-electron chi connectivity index (χ4n) is 2.03. The molecule has 0 aliphatic carbocycles. The zero-order valence-corrected chi connectivity index (χ0v) is 12.9. The summed E-state index contributed by atoms with van der Waals surface area (Å²) in [5, 5.41) is 10.6. The topological polar surface area (TPSA) is 95.5 Å². The Bertz CT molecular complexity index is 551. The summed E-state index contributed by atoms with van der Waals surface area (Å²) in [6.07, 6.45) is 1.20. The smallest absolute Gasteiger partial charge is 0.243 e. The molecular weight excluding hydrogens is 302 g/mol. The molecule has 1 N–H and O–H groups in total. The molecule has 2 heterocycles. The van der Waals surface area contributed by atoms with Crippen LogP contribution < -0.4 is 5.32 Å². The third-order valence-electron chi connectivity index (χ3n) is 3.26. The summed E-state index contributed by atoms with van der Waals surface area (Å²) in [5.74, 6) is -0.158. The monoisotopic (exact) mass is 319 g/mol. The molecule has 112 valence electrons. The summed E-state index contributed by atoms with van der Waals surface area (Å²) in [4.78, 5) is 14.0. The molecule has 20 heavy (non-hydrogen) atoms. The Labute approximate surface area is 121 Å². The number of carbonyl (C=O) groups is 1. The number of nitrogens with zero attached hydrogens (tertiary/aromatic N) is 4. The van der Waals surface area contributed by atoms with Crippen molar-refractivity contribution in [1.82, 2.24) is 19.4 Å². The fourth-order valence-corrected chi connectivity index (χ4v) is 3.30. The van der Waals surface area contributed by atoms with E-state index in [1.165, 1.54) is 21.9 Å². The lowest BCUT2D eigenvalue weighted by atomic mass is 10.2. The van der Waals surface area contributed by atoms with Crippen LogP contribution in [0.15, 0.2) is 5.51 Å². The van der Waals surface area contributed by atoms with Gasteiger partial charge in [-0.3, -0.25) is 15.0 Å². The molecule has 0 saturated carbocycles. The molecule has 1 fully saturated rings. The van der Waals surface area contributed by atoms with E-state index in [1.54, 1.807) is 12.4 Å². The van der Waals surface area contributed by atoms with Crippen LogP contribution in [0.1, 0.15) is 6.92 Å². The highest BCUT2D eigenvalue weighted by molar-refractivity contribution is 7.88. The second-order valence-corrected chi connectivity index (χ2v) is 7.42. The summed E-state index contributed by atoms with van der Waals surface area (Å²) in [7, 11) is -3.15. The van der Waals surface area contributed by atoms with E-state index in [1.807, 2.05) is 4.90 Å². The fraction of sp³-hybridized carbons (Fsp3) is 0.700. The van der Waals surface area contributed by atoms with E-state index in [2.05, 4.69) is 15.5 Å². The quantitative estimate of drug-likeness (QED) is 0.799. The van der Waals surface area contributed by atoms with Crippen LogP contribution in [0.2, 0.25) is 0 Å². The van der Waals surface area contributed by atoms with Gasteiger partial charge in [0, 0.05) is 26.2 Å². The van der Waals surface area contributed by atoms with Crippen LogP contribution in [0, 0.1) is 0 Å². The molecule has 1 aromatic heterocycles. The Morgan fingerprint density at radius 1 is 1.40 bits per heavy atom. The van der Waals surface area contributed by atoms with Crippen molar-refractivity contribution in [2.45, 2.75) is 13.0 Å². The highest BCUT2D eigenvalue weighted by Crippen LogP contribution is 2.12. The lowest BCUT2D eigenvalue weighted by molar-refractivity contribution is -0.121. The van der Waals surface area contributed by atoms with E-state index >= 15 is 0 Å². The zero-order valence-electron chi connectivity index (χ0n) is 11.3. The number of amides is 1. The number of anilines is 1. The maximum atomic E-state index is 12.0. The maximum absolute atomic E-state index is 12.0. The maximum Gasteiger partial charge on any atom is 0.243 e. The molecule has 1 aromatic rings. The molecule has 2 rings (SSSR count). The van der Waals surface area contributed by atoms with E-state index < -0.39 is 10.0 Å². The molecule has 1 aliphatic heterocycles. The SMILES string of the molecule is CC(C(=O)Nc1nncs1)N1CCN(S(C)(=O)=O)CC1.